The zero-order chi connectivity index (χ0) is 14.7. The van der Waals surface area contributed by atoms with Crippen LogP contribution in [-0.4, -0.2) is 9.78 Å². The Bertz CT molecular complexity index is 716. The average molecular weight is 279 g/mol. The maximum atomic E-state index is 6.36. The zero-order valence-corrected chi connectivity index (χ0v) is 12.4. The summed E-state index contributed by atoms with van der Waals surface area (Å²) in [5, 5.41) is 5.78. The molecule has 1 atom stereocenters. The third-order valence-electron chi connectivity index (χ3n) is 3.96. The first-order valence-electron chi connectivity index (χ1n) is 7.47. The maximum Gasteiger partial charge on any atom is 0.0870 e. The van der Waals surface area contributed by atoms with E-state index in [0.717, 1.165) is 30.5 Å². The number of benzene rings is 2. The molecule has 108 valence electrons. The van der Waals surface area contributed by atoms with E-state index in [1.807, 2.05) is 23.9 Å². The maximum absolute atomic E-state index is 6.36. The number of nitrogens with zero attached hydrogens (tertiary/aromatic N) is 2. The second-order valence-corrected chi connectivity index (χ2v) is 5.51. The van der Waals surface area contributed by atoms with Gasteiger partial charge in [0.25, 0.3) is 0 Å². The molecule has 1 aromatic heterocycles. The Morgan fingerprint density at radius 1 is 1.05 bits per heavy atom. The molecule has 0 saturated heterocycles. The molecule has 0 aliphatic rings. The van der Waals surface area contributed by atoms with Crippen LogP contribution in [0.2, 0.25) is 0 Å². The Balaban J connectivity index is 1.68. The lowest BCUT2D eigenvalue weighted by atomic mass is 10.0. The number of hydrogen-bond donors (Lipinski definition) is 1. The minimum Gasteiger partial charge on any atom is -0.323 e. The van der Waals surface area contributed by atoms with E-state index in [4.69, 9.17) is 5.73 Å². The minimum atomic E-state index is -0.000174. The van der Waals surface area contributed by atoms with Gasteiger partial charge in [0, 0.05) is 18.5 Å². The molecule has 0 fully saturated rings. The van der Waals surface area contributed by atoms with Crippen LogP contribution in [-0.2, 0) is 13.5 Å². The molecule has 21 heavy (non-hydrogen) atoms. The molecule has 3 heteroatoms. The van der Waals surface area contributed by atoms with E-state index in [1.165, 1.54) is 10.9 Å². The molecule has 3 nitrogen and oxygen atoms in total. The van der Waals surface area contributed by atoms with E-state index in [1.54, 1.807) is 0 Å². The molecule has 0 bridgehead atoms. The Morgan fingerprint density at radius 3 is 2.57 bits per heavy atom. The third kappa shape index (κ3) is 2.98. The van der Waals surface area contributed by atoms with E-state index in [9.17, 15) is 0 Å². The SMILES string of the molecule is Cn1nc(C(N)CCCc2ccccc2)c2ccccc21. The predicted octanol–water partition coefficient (Wildman–Crippen LogP) is 3.60. The Hall–Kier alpha value is -2.13. The summed E-state index contributed by atoms with van der Waals surface area (Å²) >= 11 is 0. The molecule has 0 spiro atoms. The summed E-state index contributed by atoms with van der Waals surface area (Å²) in [6, 6.07) is 18.8. The number of aryl methyl sites for hydroxylation is 2. The van der Waals surface area contributed by atoms with Crippen LogP contribution in [0, 0.1) is 0 Å². The van der Waals surface area contributed by atoms with Gasteiger partial charge in [-0.05, 0) is 30.9 Å². The van der Waals surface area contributed by atoms with Crippen molar-refractivity contribution in [1.82, 2.24) is 9.78 Å². The Labute approximate surface area is 125 Å². The summed E-state index contributed by atoms with van der Waals surface area (Å²) in [5.74, 6) is 0. The number of nitrogens with two attached hydrogens (primary N) is 1. The zero-order valence-electron chi connectivity index (χ0n) is 12.4. The minimum absolute atomic E-state index is 0.000174. The number of aromatic nitrogens is 2. The number of hydrogen-bond acceptors (Lipinski definition) is 2. The summed E-state index contributed by atoms with van der Waals surface area (Å²) in [6.07, 6.45) is 3.10. The molecular weight excluding hydrogens is 258 g/mol. The molecular formula is C18H21N3. The van der Waals surface area contributed by atoms with Crippen molar-refractivity contribution in [3.8, 4) is 0 Å². The monoisotopic (exact) mass is 279 g/mol. The van der Waals surface area contributed by atoms with Gasteiger partial charge in [-0.2, -0.15) is 5.10 Å². The lowest BCUT2D eigenvalue weighted by Gasteiger charge is -2.09. The first kappa shape index (κ1) is 13.8. The molecule has 0 aliphatic heterocycles. The van der Waals surface area contributed by atoms with E-state index < -0.39 is 0 Å². The molecule has 3 rings (SSSR count). The molecule has 0 radical (unpaired) electrons. The van der Waals surface area contributed by atoms with Crippen LogP contribution in [0.5, 0.6) is 0 Å². The van der Waals surface area contributed by atoms with Crippen molar-refractivity contribution in [2.45, 2.75) is 25.3 Å². The van der Waals surface area contributed by atoms with Crippen molar-refractivity contribution in [2.75, 3.05) is 0 Å². The van der Waals surface area contributed by atoms with Gasteiger partial charge < -0.3 is 5.73 Å². The first-order chi connectivity index (χ1) is 10.3. The van der Waals surface area contributed by atoms with Crippen molar-refractivity contribution in [3.63, 3.8) is 0 Å². The summed E-state index contributed by atoms with van der Waals surface area (Å²) < 4.78 is 1.92. The molecule has 1 heterocycles. The highest BCUT2D eigenvalue weighted by molar-refractivity contribution is 5.82. The van der Waals surface area contributed by atoms with Crippen LogP contribution < -0.4 is 5.73 Å². The molecule has 0 saturated carbocycles. The fourth-order valence-corrected chi connectivity index (χ4v) is 2.82. The fourth-order valence-electron chi connectivity index (χ4n) is 2.82. The topological polar surface area (TPSA) is 43.8 Å². The lowest BCUT2D eigenvalue weighted by molar-refractivity contribution is 0.588. The highest BCUT2D eigenvalue weighted by Gasteiger charge is 2.14. The fraction of sp³-hybridized carbons (Fsp3) is 0.278. The molecule has 2 N–H and O–H groups in total. The molecule has 1 unspecified atom stereocenters. The normalized spacial score (nSPS) is 12.7. The summed E-state index contributed by atoms with van der Waals surface area (Å²) in [4.78, 5) is 0. The van der Waals surface area contributed by atoms with Crippen LogP contribution in [0.1, 0.15) is 30.1 Å². The Morgan fingerprint density at radius 2 is 1.76 bits per heavy atom. The quantitative estimate of drug-likeness (QED) is 0.775. The van der Waals surface area contributed by atoms with Crippen molar-refractivity contribution in [3.05, 3.63) is 65.9 Å². The molecule has 0 amide bonds. The summed E-state index contributed by atoms with van der Waals surface area (Å²) in [6.45, 7) is 0. The number of rotatable bonds is 5. The van der Waals surface area contributed by atoms with Gasteiger partial charge in [0.15, 0.2) is 0 Å². The van der Waals surface area contributed by atoms with E-state index in [-0.39, 0.29) is 6.04 Å². The van der Waals surface area contributed by atoms with E-state index in [0.29, 0.717) is 0 Å². The van der Waals surface area contributed by atoms with E-state index >= 15 is 0 Å². The van der Waals surface area contributed by atoms with Crippen LogP contribution in [0.25, 0.3) is 10.9 Å². The van der Waals surface area contributed by atoms with Crippen molar-refractivity contribution in [2.24, 2.45) is 12.8 Å². The van der Waals surface area contributed by atoms with Gasteiger partial charge >= 0.3 is 0 Å². The smallest absolute Gasteiger partial charge is 0.0870 e. The predicted molar refractivity (Wildman–Crippen MR) is 87.0 cm³/mol. The van der Waals surface area contributed by atoms with Gasteiger partial charge in [-0.3, -0.25) is 4.68 Å². The van der Waals surface area contributed by atoms with E-state index in [2.05, 4.69) is 47.6 Å². The van der Waals surface area contributed by atoms with Gasteiger partial charge in [0.05, 0.1) is 11.2 Å². The van der Waals surface area contributed by atoms with Crippen LogP contribution in [0.4, 0.5) is 0 Å². The van der Waals surface area contributed by atoms with Gasteiger partial charge in [0.1, 0.15) is 0 Å². The summed E-state index contributed by atoms with van der Waals surface area (Å²) in [5.41, 5.74) is 9.89. The third-order valence-corrected chi connectivity index (χ3v) is 3.96. The first-order valence-corrected chi connectivity index (χ1v) is 7.47. The van der Waals surface area contributed by atoms with Gasteiger partial charge in [0.2, 0.25) is 0 Å². The highest BCUT2D eigenvalue weighted by Crippen LogP contribution is 2.24. The Kier molecular flexibility index (Phi) is 4.02. The van der Waals surface area contributed by atoms with Gasteiger partial charge in [-0.15, -0.1) is 0 Å². The standard InChI is InChI=1S/C18H21N3/c1-21-17-13-6-5-11-15(17)18(20-21)16(19)12-7-10-14-8-3-2-4-9-14/h2-6,8-9,11,13,16H,7,10,12,19H2,1H3. The molecule has 2 aromatic carbocycles. The van der Waals surface area contributed by atoms with Crippen molar-refractivity contribution < 1.29 is 0 Å². The average Bonchev–Trinajstić information content (AvgIpc) is 2.86. The molecule has 0 aliphatic carbocycles. The lowest BCUT2D eigenvalue weighted by Crippen LogP contribution is -2.12. The van der Waals surface area contributed by atoms with Crippen LogP contribution in [0.15, 0.2) is 54.6 Å². The number of fused-ring (bicyclic) bond motifs is 1. The van der Waals surface area contributed by atoms with Crippen molar-refractivity contribution >= 4 is 10.9 Å². The van der Waals surface area contributed by atoms with Crippen LogP contribution >= 0.6 is 0 Å². The highest BCUT2D eigenvalue weighted by atomic mass is 15.3. The second-order valence-electron chi connectivity index (χ2n) is 5.51. The van der Waals surface area contributed by atoms with Crippen LogP contribution in [0.3, 0.4) is 0 Å². The number of para-hydroxylation sites is 1. The second kappa shape index (κ2) is 6.10. The molecule has 3 aromatic rings. The van der Waals surface area contributed by atoms with Gasteiger partial charge in [-0.25, -0.2) is 0 Å². The van der Waals surface area contributed by atoms with Gasteiger partial charge in [-0.1, -0.05) is 48.5 Å². The summed E-state index contributed by atoms with van der Waals surface area (Å²) in [7, 11) is 1.97. The van der Waals surface area contributed by atoms with Crippen molar-refractivity contribution in [1.29, 1.82) is 0 Å². The largest absolute Gasteiger partial charge is 0.323 e.